The third kappa shape index (κ3) is 7.33. The van der Waals surface area contributed by atoms with E-state index >= 15 is 0 Å². The number of hydrogen-bond donors (Lipinski definition) is 1. The molecule has 1 saturated heterocycles. The van der Waals surface area contributed by atoms with Crippen LogP contribution in [0.25, 0.3) is 5.57 Å². The van der Waals surface area contributed by atoms with Gasteiger partial charge in [0.05, 0.1) is 4.90 Å². The predicted molar refractivity (Wildman–Crippen MR) is 167 cm³/mol. The summed E-state index contributed by atoms with van der Waals surface area (Å²) in [5, 5.41) is 1.12. The molecular weight excluding hydrogens is 577 g/mol. The lowest BCUT2D eigenvalue weighted by atomic mass is 9.72. The Hall–Kier alpha value is -2.84. The molecule has 1 N–H and O–H groups in total. The smallest absolute Gasteiger partial charge is 0.265 e. The van der Waals surface area contributed by atoms with Crippen LogP contribution >= 0.6 is 23.2 Å². The van der Waals surface area contributed by atoms with Gasteiger partial charge in [0.1, 0.15) is 0 Å². The molecule has 0 saturated carbocycles. The molecule has 0 aromatic heterocycles. The van der Waals surface area contributed by atoms with Crippen LogP contribution in [0.15, 0.2) is 83.3 Å². The van der Waals surface area contributed by atoms with Crippen LogP contribution in [-0.4, -0.2) is 51.9 Å². The first-order valence-corrected chi connectivity index (χ1v) is 16.1. The van der Waals surface area contributed by atoms with Gasteiger partial charge < -0.3 is 4.90 Å². The molecule has 0 bridgehead atoms. The third-order valence-electron chi connectivity index (χ3n) is 7.99. The topological polar surface area (TPSA) is 69.7 Å². The van der Waals surface area contributed by atoms with Gasteiger partial charge in [0.15, 0.2) is 0 Å². The summed E-state index contributed by atoms with van der Waals surface area (Å²) >= 11 is 12.1. The van der Waals surface area contributed by atoms with Crippen molar-refractivity contribution in [3.8, 4) is 0 Å². The second-order valence-electron chi connectivity index (χ2n) is 11.6. The van der Waals surface area contributed by atoms with E-state index in [9.17, 15) is 13.2 Å². The largest absolute Gasteiger partial charge is 0.369 e. The number of nitrogens with zero attached hydrogens (tertiary/aromatic N) is 2. The number of allylic oxidation sites excluding steroid dienone is 1. The maximum atomic E-state index is 12.8. The Morgan fingerprint density at radius 1 is 0.902 bits per heavy atom. The van der Waals surface area contributed by atoms with Crippen molar-refractivity contribution in [2.45, 2.75) is 38.0 Å². The Morgan fingerprint density at radius 2 is 1.59 bits per heavy atom. The monoisotopic (exact) mass is 611 g/mol. The summed E-state index contributed by atoms with van der Waals surface area (Å²) in [6.45, 7) is 9.22. The van der Waals surface area contributed by atoms with Gasteiger partial charge in [0.2, 0.25) is 0 Å². The molecule has 0 spiro atoms. The van der Waals surface area contributed by atoms with Crippen molar-refractivity contribution in [3.05, 3.63) is 99.5 Å². The van der Waals surface area contributed by atoms with Gasteiger partial charge in [0, 0.05) is 54.0 Å². The standard InChI is InChI=1S/C32H35Cl2N3O3S/c1-32(2)15-14-25(30(21-32)23-6-8-26(33)9-7-23)22-36-16-18-37(19-17-36)28-10-12-29(13-11-28)41(39,40)35-31(38)24-4-3-5-27(34)20-24/h3-13,20H,14-19,21-22H2,1-2H3,(H,35,38). The zero-order valence-corrected chi connectivity index (χ0v) is 25.7. The van der Waals surface area contributed by atoms with E-state index in [1.54, 1.807) is 36.4 Å². The fourth-order valence-corrected chi connectivity index (χ4v) is 6.89. The highest BCUT2D eigenvalue weighted by Gasteiger charge is 2.29. The summed E-state index contributed by atoms with van der Waals surface area (Å²) in [5.41, 5.74) is 5.69. The zero-order valence-electron chi connectivity index (χ0n) is 23.4. The summed E-state index contributed by atoms with van der Waals surface area (Å²) in [4.78, 5) is 17.3. The quantitative estimate of drug-likeness (QED) is 0.315. The van der Waals surface area contributed by atoms with Crippen molar-refractivity contribution in [3.63, 3.8) is 0 Å². The molecule has 1 fully saturated rings. The van der Waals surface area contributed by atoms with E-state index in [-0.39, 0.29) is 15.9 Å². The molecule has 9 heteroatoms. The first-order valence-electron chi connectivity index (χ1n) is 13.9. The van der Waals surface area contributed by atoms with Crippen LogP contribution < -0.4 is 9.62 Å². The maximum absolute atomic E-state index is 12.8. The molecule has 6 nitrogen and oxygen atoms in total. The maximum Gasteiger partial charge on any atom is 0.265 e. The molecule has 1 heterocycles. The van der Waals surface area contributed by atoms with E-state index in [1.165, 1.54) is 35.3 Å². The number of piperazine rings is 1. The summed E-state index contributed by atoms with van der Waals surface area (Å²) in [6, 6.07) is 21.1. The molecule has 41 heavy (non-hydrogen) atoms. The lowest BCUT2D eigenvalue weighted by Crippen LogP contribution is -2.47. The molecule has 0 unspecified atom stereocenters. The lowest BCUT2D eigenvalue weighted by Gasteiger charge is -2.39. The van der Waals surface area contributed by atoms with E-state index in [0.717, 1.165) is 56.3 Å². The molecule has 1 aliphatic carbocycles. The number of anilines is 1. The van der Waals surface area contributed by atoms with Crippen molar-refractivity contribution < 1.29 is 13.2 Å². The highest BCUT2D eigenvalue weighted by molar-refractivity contribution is 7.90. The number of rotatable bonds is 7. The molecule has 2 aliphatic rings. The minimum atomic E-state index is -4.01. The molecule has 1 amide bonds. The molecule has 3 aromatic carbocycles. The number of carbonyl (C=O) groups is 1. The minimum absolute atomic E-state index is 0.0390. The molecule has 0 atom stereocenters. The van der Waals surface area contributed by atoms with E-state index in [0.29, 0.717) is 5.02 Å². The fourth-order valence-electron chi connectivity index (χ4n) is 5.60. The van der Waals surface area contributed by atoms with Crippen LogP contribution in [0.1, 0.15) is 49.0 Å². The molecule has 216 valence electrons. The fraction of sp³-hybridized carbons (Fsp3) is 0.344. The Morgan fingerprint density at radius 3 is 2.24 bits per heavy atom. The first-order chi connectivity index (χ1) is 19.5. The van der Waals surface area contributed by atoms with Crippen LogP contribution in [0.4, 0.5) is 5.69 Å². The van der Waals surface area contributed by atoms with E-state index in [4.69, 9.17) is 23.2 Å². The van der Waals surface area contributed by atoms with E-state index in [1.807, 2.05) is 12.1 Å². The van der Waals surface area contributed by atoms with Crippen molar-refractivity contribution in [1.82, 2.24) is 9.62 Å². The summed E-state index contributed by atoms with van der Waals surface area (Å²) < 4.78 is 27.7. The van der Waals surface area contributed by atoms with Crippen molar-refractivity contribution in [1.29, 1.82) is 0 Å². The molecular formula is C32H35Cl2N3O3S. The van der Waals surface area contributed by atoms with E-state index < -0.39 is 15.9 Å². The average Bonchev–Trinajstić information content (AvgIpc) is 2.94. The summed E-state index contributed by atoms with van der Waals surface area (Å²) in [6.07, 6.45) is 3.36. The van der Waals surface area contributed by atoms with Gasteiger partial charge in [-0.2, -0.15) is 0 Å². The summed E-state index contributed by atoms with van der Waals surface area (Å²) in [7, 11) is -4.01. The van der Waals surface area contributed by atoms with Crippen molar-refractivity contribution >= 4 is 50.4 Å². The van der Waals surface area contributed by atoms with Crippen molar-refractivity contribution in [2.75, 3.05) is 37.6 Å². The highest BCUT2D eigenvalue weighted by atomic mass is 35.5. The average molecular weight is 613 g/mol. The summed E-state index contributed by atoms with van der Waals surface area (Å²) in [5.74, 6) is -0.719. The van der Waals surface area contributed by atoms with Gasteiger partial charge in [0.25, 0.3) is 15.9 Å². The SMILES string of the molecule is CC1(C)CCC(CN2CCN(c3ccc(S(=O)(=O)NC(=O)c4cccc(Cl)c4)cc3)CC2)=C(c2ccc(Cl)cc2)C1. The molecule has 5 rings (SSSR count). The Kier molecular flexibility index (Phi) is 8.81. The number of nitrogens with one attached hydrogen (secondary N) is 1. The van der Waals surface area contributed by atoms with Crippen LogP contribution in [0, 0.1) is 5.41 Å². The molecule has 1 aliphatic heterocycles. The lowest BCUT2D eigenvalue weighted by molar-refractivity contribution is 0.0981. The van der Waals surface area contributed by atoms with Gasteiger partial charge in [-0.3, -0.25) is 9.69 Å². The second kappa shape index (κ2) is 12.2. The number of benzene rings is 3. The highest BCUT2D eigenvalue weighted by Crippen LogP contribution is 2.43. The first kappa shape index (κ1) is 29.6. The number of carbonyl (C=O) groups excluding carboxylic acids is 1. The van der Waals surface area contributed by atoms with Crippen LogP contribution in [0.5, 0.6) is 0 Å². The Bertz CT molecular complexity index is 1540. The number of hydrogen-bond acceptors (Lipinski definition) is 5. The van der Waals surface area contributed by atoms with Gasteiger partial charge in [-0.15, -0.1) is 0 Å². The van der Waals surface area contributed by atoms with E-state index in [2.05, 4.69) is 40.5 Å². The third-order valence-corrected chi connectivity index (χ3v) is 9.83. The predicted octanol–water partition coefficient (Wildman–Crippen LogP) is 6.90. The van der Waals surface area contributed by atoms with Crippen LogP contribution in [0.2, 0.25) is 10.0 Å². The number of halogens is 2. The zero-order chi connectivity index (χ0) is 29.2. The van der Waals surface area contributed by atoms with Crippen LogP contribution in [-0.2, 0) is 10.0 Å². The van der Waals surface area contributed by atoms with Gasteiger partial charge in [-0.25, -0.2) is 13.1 Å². The minimum Gasteiger partial charge on any atom is -0.369 e. The second-order valence-corrected chi connectivity index (χ2v) is 14.2. The van der Waals surface area contributed by atoms with Gasteiger partial charge in [-0.1, -0.05) is 60.8 Å². The number of amides is 1. The number of sulfonamides is 1. The Balaban J connectivity index is 1.21. The molecule has 0 radical (unpaired) electrons. The molecule has 3 aromatic rings. The Labute approximate surface area is 253 Å². The van der Waals surface area contributed by atoms with Gasteiger partial charge >= 0.3 is 0 Å². The van der Waals surface area contributed by atoms with Gasteiger partial charge in [-0.05, 0) is 90.4 Å². The van der Waals surface area contributed by atoms with Crippen molar-refractivity contribution in [2.24, 2.45) is 5.41 Å². The van der Waals surface area contributed by atoms with Crippen LogP contribution in [0.3, 0.4) is 0 Å². The normalized spacial score (nSPS) is 17.9.